The molecule has 0 saturated carbocycles. The summed E-state index contributed by atoms with van der Waals surface area (Å²) < 4.78 is 5.65. The van der Waals surface area contributed by atoms with Crippen LogP contribution in [0.25, 0.3) is 0 Å². The molecule has 2 rings (SSSR count). The fourth-order valence-corrected chi connectivity index (χ4v) is 2.53. The van der Waals surface area contributed by atoms with Gasteiger partial charge in [0.1, 0.15) is 0 Å². The van der Waals surface area contributed by atoms with Crippen LogP contribution < -0.4 is 5.32 Å². The van der Waals surface area contributed by atoms with Crippen molar-refractivity contribution < 1.29 is 9.53 Å². The molecule has 2 atom stereocenters. The molecule has 0 aromatic carbocycles. The summed E-state index contributed by atoms with van der Waals surface area (Å²) in [7, 11) is 0. The molecular formula is C13H22N4O2. The van der Waals surface area contributed by atoms with E-state index in [0.29, 0.717) is 6.54 Å². The number of nitrogens with one attached hydrogen (secondary N) is 2. The van der Waals surface area contributed by atoms with Crippen molar-refractivity contribution in [3.05, 3.63) is 11.4 Å². The summed E-state index contributed by atoms with van der Waals surface area (Å²) in [6.45, 7) is 9.81. The first-order chi connectivity index (χ1) is 8.95. The smallest absolute Gasteiger partial charge is 0.238 e. The third kappa shape index (κ3) is 3.54. The highest BCUT2D eigenvalue weighted by molar-refractivity contribution is 5.93. The molecule has 106 valence electrons. The Morgan fingerprint density at radius 2 is 2.05 bits per heavy atom. The Hall–Kier alpha value is -1.40. The standard InChI is InChI=1S/C13H22N4O2/c1-8-5-17(6-9(2)19-8)7-12(18)14-13-10(3)15-16-11(13)4/h8-9H,5-7H2,1-4H3,(H,14,18)(H,15,16)/t8-,9-/m1/s1. The summed E-state index contributed by atoms with van der Waals surface area (Å²) >= 11 is 0. The molecule has 1 amide bonds. The number of morpholine rings is 1. The van der Waals surface area contributed by atoms with Gasteiger partial charge in [0.2, 0.25) is 5.91 Å². The third-order valence-corrected chi connectivity index (χ3v) is 3.25. The number of hydrogen-bond donors (Lipinski definition) is 2. The number of aromatic nitrogens is 2. The van der Waals surface area contributed by atoms with Gasteiger partial charge in [0.05, 0.1) is 35.8 Å². The van der Waals surface area contributed by atoms with Gasteiger partial charge in [-0.25, -0.2) is 0 Å². The molecule has 1 aromatic rings. The number of rotatable bonds is 3. The second kappa shape index (κ2) is 5.71. The normalized spacial score (nSPS) is 24.4. The number of aryl methyl sites for hydroxylation is 2. The van der Waals surface area contributed by atoms with Crippen molar-refractivity contribution in [2.45, 2.75) is 39.9 Å². The zero-order valence-corrected chi connectivity index (χ0v) is 12.0. The fraction of sp³-hybridized carbons (Fsp3) is 0.692. The molecule has 0 bridgehead atoms. The lowest BCUT2D eigenvalue weighted by Crippen LogP contribution is -2.48. The van der Waals surface area contributed by atoms with Crippen molar-refractivity contribution in [3.8, 4) is 0 Å². The zero-order chi connectivity index (χ0) is 14.0. The predicted molar refractivity (Wildman–Crippen MR) is 73.1 cm³/mol. The van der Waals surface area contributed by atoms with Crippen LogP contribution in [0.4, 0.5) is 5.69 Å². The molecular weight excluding hydrogens is 244 g/mol. The Labute approximate surface area is 113 Å². The Morgan fingerprint density at radius 3 is 2.58 bits per heavy atom. The molecule has 1 aliphatic rings. The summed E-state index contributed by atoms with van der Waals surface area (Å²) in [6.07, 6.45) is 0.350. The molecule has 0 aliphatic carbocycles. The quantitative estimate of drug-likeness (QED) is 0.858. The number of aromatic amines is 1. The van der Waals surface area contributed by atoms with Crippen LogP contribution in [0, 0.1) is 13.8 Å². The third-order valence-electron chi connectivity index (χ3n) is 3.25. The van der Waals surface area contributed by atoms with E-state index in [4.69, 9.17) is 4.74 Å². The lowest BCUT2D eigenvalue weighted by atomic mass is 10.2. The summed E-state index contributed by atoms with van der Waals surface area (Å²) in [4.78, 5) is 14.2. The van der Waals surface area contributed by atoms with Gasteiger partial charge < -0.3 is 10.1 Å². The van der Waals surface area contributed by atoms with Crippen LogP contribution in [-0.4, -0.2) is 52.8 Å². The van der Waals surface area contributed by atoms with Gasteiger partial charge >= 0.3 is 0 Å². The van der Waals surface area contributed by atoms with E-state index in [2.05, 4.69) is 20.4 Å². The van der Waals surface area contributed by atoms with Gasteiger partial charge in [-0.05, 0) is 27.7 Å². The van der Waals surface area contributed by atoms with Gasteiger partial charge in [0.15, 0.2) is 0 Å². The van der Waals surface area contributed by atoms with E-state index in [1.54, 1.807) is 0 Å². The van der Waals surface area contributed by atoms with Crippen LogP contribution in [0.1, 0.15) is 25.2 Å². The predicted octanol–water partition coefficient (Wildman–Crippen LogP) is 1.07. The molecule has 1 saturated heterocycles. The Bertz CT molecular complexity index is 428. The number of carbonyl (C=O) groups is 1. The minimum atomic E-state index is -0.00565. The molecule has 6 nitrogen and oxygen atoms in total. The Balaban J connectivity index is 1.91. The number of carbonyl (C=O) groups excluding carboxylic acids is 1. The van der Waals surface area contributed by atoms with Crippen LogP contribution in [0.2, 0.25) is 0 Å². The molecule has 1 aromatic heterocycles. The first kappa shape index (κ1) is 14.0. The molecule has 2 heterocycles. The average molecular weight is 266 g/mol. The average Bonchev–Trinajstić information content (AvgIpc) is 2.59. The number of H-pyrrole nitrogens is 1. The molecule has 6 heteroatoms. The molecule has 0 radical (unpaired) electrons. The maximum absolute atomic E-state index is 12.1. The molecule has 1 aliphatic heterocycles. The fourth-order valence-electron chi connectivity index (χ4n) is 2.53. The van der Waals surface area contributed by atoms with E-state index in [9.17, 15) is 4.79 Å². The first-order valence-corrected chi connectivity index (χ1v) is 6.65. The van der Waals surface area contributed by atoms with E-state index in [1.807, 2.05) is 27.7 Å². The van der Waals surface area contributed by atoms with Crippen molar-refractivity contribution in [2.24, 2.45) is 0 Å². The number of amides is 1. The van der Waals surface area contributed by atoms with Crippen LogP contribution in [0.15, 0.2) is 0 Å². The van der Waals surface area contributed by atoms with Gasteiger partial charge in [-0.2, -0.15) is 5.10 Å². The second-order valence-electron chi connectivity index (χ2n) is 5.31. The number of anilines is 1. The van der Waals surface area contributed by atoms with E-state index >= 15 is 0 Å². The van der Waals surface area contributed by atoms with Gasteiger partial charge in [0.25, 0.3) is 0 Å². The van der Waals surface area contributed by atoms with E-state index in [-0.39, 0.29) is 18.1 Å². The zero-order valence-electron chi connectivity index (χ0n) is 12.0. The van der Waals surface area contributed by atoms with Crippen molar-refractivity contribution in [2.75, 3.05) is 25.0 Å². The van der Waals surface area contributed by atoms with Gasteiger partial charge in [0, 0.05) is 13.1 Å². The number of nitrogens with zero attached hydrogens (tertiary/aromatic N) is 2. The Morgan fingerprint density at radius 1 is 1.42 bits per heavy atom. The van der Waals surface area contributed by atoms with Crippen molar-refractivity contribution >= 4 is 11.6 Å². The minimum Gasteiger partial charge on any atom is -0.373 e. The van der Waals surface area contributed by atoms with Crippen LogP contribution in [0.3, 0.4) is 0 Å². The maximum atomic E-state index is 12.1. The maximum Gasteiger partial charge on any atom is 0.238 e. The summed E-state index contributed by atoms with van der Waals surface area (Å²) in [6, 6.07) is 0. The van der Waals surface area contributed by atoms with Crippen molar-refractivity contribution in [3.63, 3.8) is 0 Å². The minimum absolute atomic E-state index is 0.00565. The molecule has 0 unspecified atom stereocenters. The molecule has 1 fully saturated rings. The van der Waals surface area contributed by atoms with Crippen LogP contribution in [-0.2, 0) is 9.53 Å². The summed E-state index contributed by atoms with van der Waals surface area (Å²) in [5.41, 5.74) is 2.49. The lowest BCUT2D eigenvalue weighted by molar-refractivity contribution is -0.121. The molecule has 2 N–H and O–H groups in total. The highest BCUT2D eigenvalue weighted by Gasteiger charge is 2.24. The van der Waals surface area contributed by atoms with Crippen molar-refractivity contribution in [1.29, 1.82) is 0 Å². The monoisotopic (exact) mass is 266 g/mol. The molecule has 0 spiro atoms. The van der Waals surface area contributed by atoms with Gasteiger partial charge in [-0.15, -0.1) is 0 Å². The first-order valence-electron chi connectivity index (χ1n) is 6.65. The van der Waals surface area contributed by atoms with E-state index in [1.165, 1.54) is 0 Å². The van der Waals surface area contributed by atoms with E-state index < -0.39 is 0 Å². The number of ether oxygens (including phenoxy) is 1. The Kier molecular flexibility index (Phi) is 4.21. The topological polar surface area (TPSA) is 70.2 Å². The number of hydrogen-bond acceptors (Lipinski definition) is 4. The van der Waals surface area contributed by atoms with E-state index in [0.717, 1.165) is 30.2 Å². The van der Waals surface area contributed by atoms with Crippen molar-refractivity contribution in [1.82, 2.24) is 15.1 Å². The van der Waals surface area contributed by atoms with Crippen LogP contribution in [0.5, 0.6) is 0 Å². The SMILES string of the molecule is Cc1n[nH]c(C)c1NC(=O)CN1C[C@@H](C)O[C@H](C)C1. The van der Waals surface area contributed by atoms with Crippen LogP contribution >= 0.6 is 0 Å². The highest BCUT2D eigenvalue weighted by Crippen LogP contribution is 2.16. The highest BCUT2D eigenvalue weighted by atomic mass is 16.5. The largest absolute Gasteiger partial charge is 0.373 e. The van der Waals surface area contributed by atoms with Gasteiger partial charge in [-0.1, -0.05) is 0 Å². The summed E-state index contributed by atoms with van der Waals surface area (Å²) in [5, 5.41) is 9.85. The second-order valence-corrected chi connectivity index (χ2v) is 5.31. The lowest BCUT2D eigenvalue weighted by Gasteiger charge is -2.34. The van der Waals surface area contributed by atoms with Gasteiger partial charge in [-0.3, -0.25) is 14.8 Å². The molecule has 19 heavy (non-hydrogen) atoms. The summed E-state index contributed by atoms with van der Waals surface area (Å²) in [5.74, 6) is -0.00565.